The number of carbonyl (C=O) groups excluding carboxylic acids is 1. The predicted molar refractivity (Wildman–Crippen MR) is 145 cm³/mol. The molecule has 11 unspecified atom stereocenters. The molecule has 2 N–H and O–H groups in total. The topological polar surface area (TPSA) is 76.0 Å². The number of aliphatic hydroxyl groups excluding tert-OH is 1. The predicted octanol–water partition coefficient (Wildman–Crippen LogP) is 6.28. The minimum absolute atomic E-state index is 0.0294. The second-order valence-electron chi connectivity index (χ2n) is 16.0. The van der Waals surface area contributed by atoms with Gasteiger partial charge in [0.2, 0.25) is 0 Å². The van der Waals surface area contributed by atoms with Crippen LogP contribution in [0.5, 0.6) is 0 Å². The van der Waals surface area contributed by atoms with Gasteiger partial charge in [0.1, 0.15) is 6.10 Å². The molecule has 1 aliphatic heterocycles. The van der Waals surface area contributed by atoms with E-state index in [2.05, 4.69) is 41.5 Å². The number of esters is 1. The first kappa shape index (κ1) is 27.9. The third kappa shape index (κ3) is 3.83. The van der Waals surface area contributed by atoms with Crippen LogP contribution in [0.3, 0.4) is 0 Å². The summed E-state index contributed by atoms with van der Waals surface area (Å²) in [5.41, 5.74) is -1.00. The highest BCUT2D eigenvalue weighted by Crippen LogP contribution is 2.76. The van der Waals surface area contributed by atoms with Crippen molar-refractivity contribution >= 4 is 5.97 Å². The van der Waals surface area contributed by atoms with Gasteiger partial charge in [0.25, 0.3) is 0 Å². The molecule has 4 saturated carbocycles. The Kier molecular flexibility index (Phi) is 6.35. The van der Waals surface area contributed by atoms with Crippen LogP contribution in [0.4, 0.5) is 0 Å². The third-order valence-corrected chi connectivity index (χ3v) is 13.5. The fraction of sp³-hybridized carbons (Fsp3) is 0.969. The van der Waals surface area contributed by atoms with Crippen molar-refractivity contribution in [3.8, 4) is 0 Å². The highest BCUT2D eigenvalue weighted by molar-refractivity contribution is 5.66. The molecule has 5 rings (SSSR count). The van der Waals surface area contributed by atoms with Gasteiger partial charge in [-0.3, -0.25) is 4.79 Å². The Morgan fingerprint density at radius 3 is 2.14 bits per heavy atom. The molecule has 5 fully saturated rings. The molecule has 212 valence electrons. The van der Waals surface area contributed by atoms with Crippen molar-refractivity contribution in [3.63, 3.8) is 0 Å². The SMILES string of the molecule is CC(=O)OC1CC2C(C3(C)CCC(C(C)(C)O)O3)CCC2(C)C2(C)CCC3C(C)(C)C(O)CCC3(C)C12. The molecule has 0 aromatic rings. The summed E-state index contributed by atoms with van der Waals surface area (Å²) in [6, 6.07) is 0. The van der Waals surface area contributed by atoms with Crippen LogP contribution in [0.2, 0.25) is 0 Å². The zero-order valence-electron chi connectivity index (χ0n) is 25.0. The first-order valence-electron chi connectivity index (χ1n) is 15.2. The van der Waals surface area contributed by atoms with E-state index in [4.69, 9.17) is 9.47 Å². The molecule has 5 nitrogen and oxygen atoms in total. The van der Waals surface area contributed by atoms with Crippen molar-refractivity contribution in [3.05, 3.63) is 0 Å². The molecule has 11 atom stereocenters. The van der Waals surface area contributed by atoms with Gasteiger partial charge in [0, 0.05) is 12.8 Å². The van der Waals surface area contributed by atoms with Crippen molar-refractivity contribution in [1.29, 1.82) is 0 Å². The molecular weight excluding hydrogens is 464 g/mol. The van der Waals surface area contributed by atoms with Gasteiger partial charge in [-0.15, -0.1) is 0 Å². The van der Waals surface area contributed by atoms with E-state index in [0.717, 1.165) is 51.4 Å². The Labute approximate surface area is 225 Å². The summed E-state index contributed by atoms with van der Waals surface area (Å²) in [6.07, 6.45) is 8.65. The monoisotopic (exact) mass is 518 g/mol. The second kappa shape index (κ2) is 8.43. The molecule has 5 heteroatoms. The van der Waals surface area contributed by atoms with E-state index in [1.54, 1.807) is 6.92 Å². The summed E-state index contributed by atoms with van der Waals surface area (Å²) in [6.45, 7) is 19.7. The molecule has 4 aliphatic carbocycles. The van der Waals surface area contributed by atoms with Gasteiger partial charge in [0.05, 0.1) is 23.4 Å². The molecule has 0 aromatic heterocycles. The highest BCUT2D eigenvalue weighted by atomic mass is 16.5. The van der Waals surface area contributed by atoms with Crippen LogP contribution in [0.1, 0.15) is 120 Å². The summed E-state index contributed by atoms with van der Waals surface area (Å²) < 4.78 is 13.1. The Morgan fingerprint density at radius 1 is 0.892 bits per heavy atom. The van der Waals surface area contributed by atoms with Crippen molar-refractivity contribution < 1.29 is 24.5 Å². The molecule has 0 spiro atoms. The van der Waals surface area contributed by atoms with Crippen molar-refractivity contribution in [1.82, 2.24) is 0 Å². The van der Waals surface area contributed by atoms with Gasteiger partial charge < -0.3 is 19.7 Å². The standard InChI is InChI=1S/C32H54O5/c1-19(33)36-22-18-21-20(32(9)17-13-25(37-32)28(4,5)35)10-15-30(21,7)31(8)16-11-23-27(2,3)24(34)12-14-29(23,6)26(22)31/h20-26,34-35H,10-18H2,1-9H3. The molecule has 0 bridgehead atoms. The van der Waals surface area contributed by atoms with E-state index in [1.807, 2.05) is 13.8 Å². The number of hydrogen-bond donors (Lipinski definition) is 2. The zero-order valence-corrected chi connectivity index (χ0v) is 25.0. The summed E-state index contributed by atoms with van der Waals surface area (Å²) >= 11 is 0. The maximum absolute atomic E-state index is 12.5. The minimum atomic E-state index is -0.838. The average molecular weight is 519 g/mol. The van der Waals surface area contributed by atoms with Crippen LogP contribution in [0.15, 0.2) is 0 Å². The molecule has 1 heterocycles. The van der Waals surface area contributed by atoms with E-state index < -0.39 is 5.60 Å². The lowest BCUT2D eigenvalue weighted by molar-refractivity contribution is -0.261. The Balaban J connectivity index is 1.54. The smallest absolute Gasteiger partial charge is 0.302 e. The van der Waals surface area contributed by atoms with Gasteiger partial charge in [-0.25, -0.2) is 0 Å². The van der Waals surface area contributed by atoms with Gasteiger partial charge >= 0.3 is 5.97 Å². The number of hydrogen-bond acceptors (Lipinski definition) is 5. The van der Waals surface area contributed by atoms with Crippen molar-refractivity contribution in [2.75, 3.05) is 0 Å². The quantitative estimate of drug-likeness (QED) is 0.430. The van der Waals surface area contributed by atoms with Crippen LogP contribution in [0.25, 0.3) is 0 Å². The maximum atomic E-state index is 12.5. The van der Waals surface area contributed by atoms with E-state index >= 15 is 0 Å². The largest absolute Gasteiger partial charge is 0.462 e. The number of ether oxygens (including phenoxy) is 2. The Morgan fingerprint density at radius 2 is 1.54 bits per heavy atom. The molecule has 0 amide bonds. The lowest BCUT2D eigenvalue weighted by Gasteiger charge is -2.71. The molecular formula is C32H54O5. The normalized spacial score (nSPS) is 53.2. The number of fused-ring (bicyclic) bond motifs is 5. The number of rotatable bonds is 3. The van der Waals surface area contributed by atoms with E-state index in [0.29, 0.717) is 17.8 Å². The van der Waals surface area contributed by atoms with Gasteiger partial charge in [0.15, 0.2) is 0 Å². The summed E-state index contributed by atoms with van der Waals surface area (Å²) in [4.78, 5) is 12.5. The molecule has 5 aliphatic rings. The Bertz CT molecular complexity index is 923. The van der Waals surface area contributed by atoms with Crippen LogP contribution >= 0.6 is 0 Å². The average Bonchev–Trinajstić information content (AvgIpc) is 3.33. The Hall–Kier alpha value is -0.650. The maximum Gasteiger partial charge on any atom is 0.302 e. The van der Waals surface area contributed by atoms with Crippen molar-refractivity contribution in [2.45, 2.75) is 150 Å². The van der Waals surface area contributed by atoms with Gasteiger partial charge in [-0.05, 0) is 118 Å². The van der Waals surface area contributed by atoms with Crippen molar-refractivity contribution in [2.24, 2.45) is 45.3 Å². The van der Waals surface area contributed by atoms with Crippen LogP contribution < -0.4 is 0 Å². The lowest BCUT2D eigenvalue weighted by atomic mass is 9.35. The second-order valence-corrected chi connectivity index (χ2v) is 16.0. The van der Waals surface area contributed by atoms with Gasteiger partial charge in [-0.2, -0.15) is 0 Å². The van der Waals surface area contributed by atoms with Gasteiger partial charge in [-0.1, -0.05) is 34.6 Å². The zero-order chi connectivity index (χ0) is 27.4. The number of carbonyl (C=O) groups is 1. The van der Waals surface area contributed by atoms with E-state index in [1.165, 1.54) is 6.42 Å². The molecule has 1 saturated heterocycles. The first-order chi connectivity index (χ1) is 16.9. The summed E-state index contributed by atoms with van der Waals surface area (Å²) in [5, 5.41) is 21.7. The summed E-state index contributed by atoms with van der Waals surface area (Å²) in [5.74, 6) is 1.36. The van der Waals surface area contributed by atoms with Crippen LogP contribution in [-0.4, -0.2) is 45.7 Å². The number of aliphatic hydroxyl groups is 2. The van der Waals surface area contributed by atoms with E-state index in [9.17, 15) is 15.0 Å². The fourth-order valence-electron chi connectivity index (χ4n) is 11.4. The minimum Gasteiger partial charge on any atom is -0.462 e. The molecule has 0 aromatic carbocycles. The first-order valence-corrected chi connectivity index (χ1v) is 15.2. The third-order valence-electron chi connectivity index (χ3n) is 13.5. The van der Waals surface area contributed by atoms with Crippen LogP contribution in [-0.2, 0) is 14.3 Å². The van der Waals surface area contributed by atoms with Crippen LogP contribution in [0, 0.1) is 45.3 Å². The summed E-state index contributed by atoms with van der Waals surface area (Å²) in [7, 11) is 0. The highest BCUT2D eigenvalue weighted by Gasteiger charge is 2.72. The molecule has 0 radical (unpaired) electrons. The van der Waals surface area contributed by atoms with E-state index in [-0.39, 0.29) is 57.5 Å². The fourth-order valence-corrected chi connectivity index (χ4v) is 11.4. The lowest BCUT2D eigenvalue weighted by Crippen LogP contribution is -2.68. The molecule has 37 heavy (non-hydrogen) atoms.